The summed E-state index contributed by atoms with van der Waals surface area (Å²) in [4.78, 5) is -1.81. The lowest BCUT2D eigenvalue weighted by molar-refractivity contribution is 0.364. The van der Waals surface area contributed by atoms with Gasteiger partial charge in [0.2, 0.25) is 0 Å². The lowest BCUT2D eigenvalue weighted by Crippen LogP contribution is -2.19. The second-order valence-corrected chi connectivity index (χ2v) is 7.59. The van der Waals surface area contributed by atoms with Crippen LogP contribution in [0.15, 0.2) is 29.2 Å². The predicted octanol–water partition coefficient (Wildman–Crippen LogP) is 4.20. The van der Waals surface area contributed by atoms with E-state index >= 15 is 0 Å². The molecule has 1 N–H and O–H groups in total. The van der Waals surface area contributed by atoms with Crippen LogP contribution in [0, 0.1) is 5.92 Å². The number of hydrogen-bond donors (Lipinski definition) is 1. The minimum absolute atomic E-state index is 0.115. The van der Waals surface area contributed by atoms with E-state index in [1.807, 2.05) is 0 Å². The van der Waals surface area contributed by atoms with Crippen molar-refractivity contribution in [3.63, 3.8) is 0 Å². The van der Waals surface area contributed by atoms with E-state index in [0.717, 1.165) is 18.5 Å². The summed E-state index contributed by atoms with van der Waals surface area (Å²) in [6.07, 6.45) is 0.926. The summed E-state index contributed by atoms with van der Waals surface area (Å²) in [5.74, 6) is 0.434. The smallest absolute Gasteiger partial charge is 0.310 e. The summed E-state index contributed by atoms with van der Waals surface area (Å²) >= 11 is 0. The highest BCUT2D eigenvalue weighted by molar-refractivity contribution is 8.45. The van der Waals surface area contributed by atoms with Crippen molar-refractivity contribution in [1.29, 1.82) is 0 Å². The maximum Gasteiger partial charge on any atom is 0.310 e. The Morgan fingerprint density at radius 1 is 1.06 bits per heavy atom. The Kier molecular flexibility index (Phi) is 1.83. The van der Waals surface area contributed by atoms with Gasteiger partial charge in [0.15, 0.2) is 0 Å². The van der Waals surface area contributed by atoms with E-state index < -0.39 is 15.1 Å². The Morgan fingerprint density at radius 2 is 1.67 bits per heavy atom. The normalized spacial score (nSPS) is 34.6. The number of halogens is 5. The van der Waals surface area contributed by atoms with Crippen LogP contribution in [0.2, 0.25) is 0 Å². The van der Waals surface area contributed by atoms with Gasteiger partial charge in [0.25, 0.3) is 0 Å². The Balaban J connectivity index is 1.97. The second kappa shape index (κ2) is 2.70. The first-order valence-electron chi connectivity index (χ1n) is 5.57. The minimum Gasteiger partial charge on any atom is -0.316 e. The molecule has 2 aliphatic rings. The largest absolute Gasteiger partial charge is 0.316 e. The third kappa shape index (κ3) is 1.80. The van der Waals surface area contributed by atoms with Crippen molar-refractivity contribution in [1.82, 2.24) is 5.32 Å². The first-order valence-corrected chi connectivity index (χ1v) is 7.52. The lowest BCUT2D eigenvalue weighted by atomic mass is 9.95. The molecule has 2 unspecified atom stereocenters. The molecule has 2 atom stereocenters. The van der Waals surface area contributed by atoms with E-state index in [4.69, 9.17) is 0 Å². The zero-order valence-electron chi connectivity index (χ0n) is 9.31. The summed E-state index contributed by atoms with van der Waals surface area (Å²) in [7, 11) is -9.53. The molecular formula is C11H12F5NS. The van der Waals surface area contributed by atoms with E-state index in [2.05, 4.69) is 5.32 Å². The monoisotopic (exact) mass is 285 g/mol. The standard InChI is InChI=1S/C11H12F5NS/c12-18(13,14,15,16)10-3-1-8(2-4-10)11-5-9(11)6-17-7-11/h1-4,9,17H,5-7H2. The van der Waals surface area contributed by atoms with Gasteiger partial charge in [-0.3, -0.25) is 0 Å². The van der Waals surface area contributed by atoms with Crippen LogP contribution in [-0.2, 0) is 5.41 Å². The number of nitrogens with one attached hydrogen (secondary N) is 1. The molecule has 2 fully saturated rings. The van der Waals surface area contributed by atoms with E-state index in [0.29, 0.717) is 24.6 Å². The molecule has 0 amide bonds. The van der Waals surface area contributed by atoms with Gasteiger partial charge in [-0.2, -0.15) is 0 Å². The van der Waals surface area contributed by atoms with Gasteiger partial charge in [0, 0.05) is 12.0 Å². The van der Waals surface area contributed by atoms with Crippen molar-refractivity contribution < 1.29 is 19.4 Å². The van der Waals surface area contributed by atoms with E-state index in [1.54, 1.807) is 0 Å². The van der Waals surface area contributed by atoms with Crippen molar-refractivity contribution in [2.24, 2.45) is 5.92 Å². The highest BCUT2D eigenvalue weighted by Gasteiger charge is 2.65. The molecule has 1 aromatic rings. The molecule has 1 aliphatic carbocycles. The van der Waals surface area contributed by atoms with Crippen LogP contribution in [0.1, 0.15) is 12.0 Å². The molecule has 1 heterocycles. The number of hydrogen-bond acceptors (Lipinski definition) is 1. The lowest BCUT2D eigenvalue weighted by Gasteiger charge is -2.40. The fourth-order valence-corrected chi connectivity index (χ4v) is 3.48. The molecule has 102 valence electrons. The van der Waals surface area contributed by atoms with Crippen LogP contribution in [0.25, 0.3) is 0 Å². The van der Waals surface area contributed by atoms with Gasteiger partial charge in [-0.05, 0) is 36.6 Å². The minimum atomic E-state index is -9.53. The third-order valence-corrected chi connectivity index (χ3v) is 5.10. The van der Waals surface area contributed by atoms with E-state index in [1.165, 1.54) is 12.1 Å². The third-order valence-electron chi connectivity index (χ3n) is 3.94. The Hall–Kier alpha value is -0.820. The highest BCUT2D eigenvalue weighted by atomic mass is 32.5. The van der Waals surface area contributed by atoms with Gasteiger partial charge < -0.3 is 5.32 Å². The molecule has 1 nitrogen and oxygen atoms in total. The van der Waals surface area contributed by atoms with Crippen molar-refractivity contribution in [2.75, 3.05) is 13.1 Å². The predicted molar refractivity (Wildman–Crippen MR) is 60.5 cm³/mol. The van der Waals surface area contributed by atoms with Crippen LogP contribution in [0.5, 0.6) is 0 Å². The summed E-state index contributed by atoms with van der Waals surface area (Å²) in [6.45, 7) is 1.57. The molecule has 7 heteroatoms. The summed E-state index contributed by atoms with van der Waals surface area (Å²) < 4.78 is 62.8. The van der Waals surface area contributed by atoms with Crippen LogP contribution < -0.4 is 5.32 Å². The average Bonchev–Trinajstić information content (AvgIpc) is 2.79. The zero-order valence-corrected chi connectivity index (χ0v) is 10.1. The number of rotatable bonds is 2. The molecule has 0 radical (unpaired) electrons. The molecule has 1 aliphatic heterocycles. The SMILES string of the molecule is FS(F)(F)(F)(F)c1ccc(C23CNCC2C3)cc1. The fraction of sp³-hybridized carbons (Fsp3) is 0.455. The van der Waals surface area contributed by atoms with Gasteiger partial charge in [-0.25, -0.2) is 0 Å². The van der Waals surface area contributed by atoms with Crippen molar-refractivity contribution in [3.05, 3.63) is 29.8 Å². The molecule has 1 aromatic carbocycles. The summed E-state index contributed by atoms with van der Waals surface area (Å²) in [6, 6.07) is 3.42. The van der Waals surface area contributed by atoms with Crippen LogP contribution in [-0.4, -0.2) is 13.1 Å². The van der Waals surface area contributed by atoms with Crippen LogP contribution in [0.3, 0.4) is 0 Å². The molecule has 1 saturated heterocycles. The molecule has 0 bridgehead atoms. The number of fused-ring (bicyclic) bond motifs is 1. The summed E-state index contributed by atoms with van der Waals surface area (Å²) in [5.41, 5.74) is 0.610. The molecular weight excluding hydrogens is 273 g/mol. The molecule has 3 rings (SSSR count). The van der Waals surface area contributed by atoms with Crippen LogP contribution in [0.4, 0.5) is 19.4 Å². The van der Waals surface area contributed by atoms with Gasteiger partial charge in [-0.1, -0.05) is 31.6 Å². The number of piperidine rings is 1. The van der Waals surface area contributed by atoms with Crippen LogP contribution >= 0.6 is 10.2 Å². The quantitative estimate of drug-likeness (QED) is 0.803. The topological polar surface area (TPSA) is 12.0 Å². The van der Waals surface area contributed by atoms with Gasteiger partial charge in [0.05, 0.1) is 0 Å². The van der Waals surface area contributed by atoms with E-state index in [9.17, 15) is 19.4 Å². The molecule has 0 aromatic heterocycles. The Bertz CT molecular complexity index is 508. The van der Waals surface area contributed by atoms with Crippen molar-refractivity contribution >= 4 is 10.2 Å². The maximum atomic E-state index is 12.6. The van der Waals surface area contributed by atoms with Gasteiger partial charge in [-0.15, -0.1) is 0 Å². The Morgan fingerprint density at radius 3 is 2.06 bits per heavy atom. The first-order chi connectivity index (χ1) is 8.01. The molecule has 18 heavy (non-hydrogen) atoms. The summed E-state index contributed by atoms with van der Waals surface area (Å²) in [5, 5.41) is 3.16. The number of benzene rings is 1. The van der Waals surface area contributed by atoms with E-state index in [-0.39, 0.29) is 5.41 Å². The fourth-order valence-electron chi connectivity index (χ4n) is 2.83. The average molecular weight is 285 g/mol. The highest BCUT2D eigenvalue weighted by Crippen LogP contribution is 3.02. The van der Waals surface area contributed by atoms with Crippen molar-refractivity contribution in [2.45, 2.75) is 16.7 Å². The first kappa shape index (κ1) is 12.2. The maximum absolute atomic E-state index is 12.6. The molecule has 0 spiro atoms. The van der Waals surface area contributed by atoms with Gasteiger partial charge in [0.1, 0.15) is 4.90 Å². The van der Waals surface area contributed by atoms with Gasteiger partial charge >= 0.3 is 10.2 Å². The molecule has 1 saturated carbocycles. The zero-order chi connectivity index (χ0) is 13.3. The second-order valence-electron chi connectivity index (χ2n) is 5.18. The Labute approximate surface area is 101 Å². The van der Waals surface area contributed by atoms with Crippen molar-refractivity contribution in [3.8, 4) is 0 Å².